The van der Waals surface area contributed by atoms with Crippen LogP contribution in [0.15, 0.2) is 77.7 Å². The summed E-state index contributed by atoms with van der Waals surface area (Å²) < 4.78 is 33.8. The first-order valence-electron chi connectivity index (χ1n) is 12.3. The van der Waals surface area contributed by atoms with E-state index in [9.17, 15) is 18.0 Å². The lowest BCUT2D eigenvalue weighted by molar-refractivity contribution is -0.140. The molecule has 1 N–H and O–H groups in total. The van der Waals surface area contributed by atoms with Crippen LogP contribution in [0.3, 0.4) is 0 Å². The van der Waals surface area contributed by atoms with Gasteiger partial charge in [-0.15, -0.1) is 0 Å². The van der Waals surface area contributed by atoms with Gasteiger partial charge < -0.3 is 15.0 Å². The first-order valence-corrected chi connectivity index (χ1v) is 14.5. The monoisotopic (exact) mass is 591 g/mol. The first-order chi connectivity index (χ1) is 18.6. The van der Waals surface area contributed by atoms with Crippen LogP contribution in [-0.2, 0) is 26.2 Å². The van der Waals surface area contributed by atoms with E-state index in [1.165, 1.54) is 35.2 Å². The highest BCUT2D eigenvalue weighted by Crippen LogP contribution is 2.33. The van der Waals surface area contributed by atoms with Crippen LogP contribution in [0.25, 0.3) is 0 Å². The summed E-state index contributed by atoms with van der Waals surface area (Å²) in [5, 5.41) is 3.12. The Bertz CT molecular complexity index is 1390. The van der Waals surface area contributed by atoms with Gasteiger partial charge in [-0.2, -0.15) is 0 Å². The van der Waals surface area contributed by atoms with Gasteiger partial charge in [0.15, 0.2) is 0 Å². The molecule has 0 aromatic heterocycles. The van der Waals surface area contributed by atoms with Crippen LogP contribution in [0.2, 0.25) is 10.0 Å². The van der Waals surface area contributed by atoms with E-state index in [2.05, 4.69) is 5.32 Å². The fraction of sp³-hybridized carbons (Fsp3) is 0.286. The minimum absolute atomic E-state index is 0.0219. The van der Waals surface area contributed by atoms with Gasteiger partial charge in [0.05, 0.1) is 22.7 Å². The zero-order valence-electron chi connectivity index (χ0n) is 21.9. The van der Waals surface area contributed by atoms with Crippen molar-refractivity contribution in [3.8, 4) is 5.75 Å². The molecule has 0 spiro atoms. The number of ether oxygens (including phenoxy) is 1. The molecular formula is C28H31Cl2N3O5S. The maximum atomic E-state index is 14.0. The van der Waals surface area contributed by atoms with Crippen molar-refractivity contribution in [3.63, 3.8) is 0 Å². The lowest BCUT2D eigenvalue weighted by Crippen LogP contribution is -2.52. The van der Waals surface area contributed by atoms with Gasteiger partial charge in [0.25, 0.3) is 10.0 Å². The van der Waals surface area contributed by atoms with Crippen molar-refractivity contribution >= 4 is 50.7 Å². The third kappa shape index (κ3) is 7.44. The minimum Gasteiger partial charge on any atom is -0.497 e. The van der Waals surface area contributed by atoms with E-state index in [4.69, 9.17) is 27.9 Å². The van der Waals surface area contributed by atoms with Crippen LogP contribution in [0, 0.1) is 0 Å². The Labute approximate surface area is 239 Å². The van der Waals surface area contributed by atoms with Crippen LogP contribution in [0.4, 0.5) is 5.69 Å². The second kappa shape index (κ2) is 13.7. The highest BCUT2D eigenvalue weighted by atomic mass is 35.5. The summed E-state index contributed by atoms with van der Waals surface area (Å²) in [6, 6.07) is 18.4. The molecule has 0 heterocycles. The Morgan fingerprint density at radius 3 is 2.23 bits per heavy atom. The summed E-state index contributed by atoms with van der Waals surface area (Å²) in [6.07, 6.45) is 0.317. The van der Waals surface area contributed by atoms with Gasteiger partial charge in [0.2, 0.25) is 11.8 Å². The van der Waals surface area contributed by atoms with Gasteiger partial charge in [-0.05, 0) is 61.4 Å². The number of methoxy groups -OCH3 is 1. The van der Waals surface area contributed by atoms with Crippen LogP contribution in [0.5, 0.6) is 5.75 Å². The van der Waals surface area contributed by atoms with Gasteiger partial charge in [-0.1, -0.05) is 60.5 Å². The van der Waals surface area contributed by atoms with E-state index < -0.39 is 28.5 Å². The average Bonchev–Trinajstić information content (AvgIpc) is 2.93. The number of nitrogens with one attached hydrogen (secondary N) is 1. The van der Waals surface area contributed by atoms with Gasteiger partial charge in [0, 0.05) is 18.1 Å². The van der Waals surface area contributed by atoms with Gasteiger partial charge in [-0.3, -0.25) is 13.9 Å². The summed E-state index contributed by atoms with van der Waals surface area (Å²) in [5.41, 5.74) is 0.793. The lowest BCUT2D eigenvalue weighted by Gasteiger charge is -2.33. The first kappa shape index (κ1) is 30.3. The zero-order chi connectivity index (χ0) is 28.6. The number of halogens is 2. The fourth-order valence-corrected chi connectivity index (χ4v) is 5.93. The Balaban J connectivity index is 2.08. The number of benzene rings is 3. The second-order valence-electron chi connectivity index (χ2n) is 8.61. The Hall–Kier alpha value is -3.27. The van der Waals surface area contributed by atoms with Crippen molar-refractivity contribution in [2.45, 2.75) is 37.8 Å². The topological polar surface area (TPSA) is 96.0 Å². The zero-order valence-corrected chi connectivity index (χ0v) is 24.3. The Morgan fingerprint density at radius 2 is 1.64 bits per heavy atom. The van der Waals surface area contributed by atoms with E-state index in [1.807, 2.05) is 0 Å². The molecule has 0 aliphatic heterocycles. The molecule has 11 heteroatoms. The summed E-state index contributed by atoms with van der Waals surface area (Å²) in [5.74, 6) is -0.275. The third-order valence-corrected chi connectivity index (χ3v) is 8.36. The molecule has 0 aliphatic rings. The smallest absolute Gasteiger partial charge is 0.264 e. The quantitative estimate of drug-likeness (QED) is 0.314. The third-order valence-electron chi connectivity index (χ3n) is 6.04. The van der Waals surface area contributed by atoms with Crippen molar-refractivity contribution in [2.24, 2.45) is 0 Å². The molecule has 0 saturated carbocycles. The number of likely N-dealkylation sites (N-methyl/N-ethyl adjacent to an activating group) is 1. The molecule has 0 fully saturated rings. The molecule has 3 aromatic carbocycles. The summed E-state index contributed by atoms with van der Waals surface area (Å²) in [4.78, 5) is 28.3. The minimum atomic E-state index is -4.24. The molecule has 39 heavy (non-hydrogen) atoms. The summed E-state index contributed by atoms with van der Waals surface area (Å²) in [6.45, 7) is 3.42. The Kier molecular flexibility index (Phi) is 10.6. The second-order valence-corrected chi connectivity index (χ2v) is 11.3. The number of carbonyl (C=O) groups excluding carboxylic acids is 2. The molecule has 3 aromatic rings. The maximum Gasteiger partial charge on any atom is 0.264 e. The molecule has 0 unspecified atom stereocenters. The number of anilines is 1. The van der Waals surface area contributed by atoms with E-state index in [-0.39, 0.29) is 33.1 Å². The van der Waals surface area contributed by atoms with Gasteiger partial charge >= 0.3 is 0 Å². The number of rotatable bonds is 12. The van der Waals surface area contributed by atoms with E-state index in [0.29, 0.717) is 18.7 Å². The predicted octanol–water partition coefficient (Wildman–Crippen LogP) is 5.14. The van der Waals surface area contributed by atoms with Crippen molar-refractivity contribution in [2.75, 3.05) is 24.5 Å². The standard InChI is InChI=1S/C28H31Cl2N3O5S/c1-4-25(28(35)31-5-2)32(18-20-11-14-22(38-3)15-12-20)27(34)19-33(26-17-21(29)13-16-24(26)30)39(36,37)23-9-7-6-8-10-23/h6-17,25H,4-5,18-19H2,1-3H3,(H,31,35)/t25-/m1/s1. The van der Waals surface area contributed by atoms with Crippen LogP contribution in [-0.4, -0.2) is 51.4 Å². The maximum absolute atomic E-state index is 14.0. The molecule has 0 saturated heterocycles. The van der Waals surface area contributed by atoms with Crippen molar-refractivity contribution in [3.05, 3.63) is 88.4 Å². The molecule has 0 bridgehead atoms. The van der Waals surface area contributed by atoms with Crippen molar-refractivity contribution < 1.29 is 22.7 Å². The largest absolute Gasteiger partial charge is 0.497 e. The van der Waals surface area contributed by atoms with Crippen LogP contribution >= 0.6 is 23.2 Å². The number of hydrogen-bond donors (Lipinski definition) is 1. The number of hydrogen-bond acceptors (Lipinski definition) is 5. The van der Waals surface area contributed by atoms with Crippen molar-refractivity contribution in [1.29, 1.82) is 0 Å². The molecule has 0 radical (unpaired) electrons. The normalized spacial score (nSPS) is 11.9. The summed E-state index contributed by atoms with van der Waals surface area (Å²) >= 11 is 12.6. The predicted molar refractivity (Wildman–Crippen MR) is 154 cm³/mol. The highest BCUT2D eigenvalue weighted by Gasteiger charge is 2.34. The van der Waals surface area contributed by atoms with Gasteiger partial charge in [-0.25, -0.2) is 8.42 Å². The molecule has 1 atom stereocenters. The summed E-state index contributed by atoms with van der Waals surface area (Å²) in [7, 11) is -2.69. The molecule has 2 amide bonds. The molecule has 8 nitrogen and oxygen atoms in total. The molecule has 208 valence electrons. The average molecular weight is 593 g/mol. The van der Waals surface area contributed by atoms with Crippen LogP contribution < -0.4 is 14.4 Å². The number of carbonyl (C=O) groups is 2. The molecular weight excluding hydrogens is 561 g/mol. The highest BCUT2D eigenvalue weighted by molar-refractivity contribution is 7.92. The van der Waals surface area contributed by atoms with E-state index >= 15 is 0 Å². The van der Waals surface area contributed by atoms with E-state index in [1.54, 1.807) is 63.4 Å². The number of sulfonamides is 1. The van der Waals surface area contributed by atoms with E-state index in [0.717, 1.165) is 9.87 Å². The fourth-order valence-electron chi connectivity index (χ4n) is 4.05. The van der Waals surface area contributed by atoms with Crippen molar-refractivity contribution in [1.82, 2.24) is 10.2 Å². The number of amides is 2. The molecule has 0 aliphatic carbocycles. The molecule has 3 rings (SSSR count). The van der Waals surface area contributed by atoms with Gasteiger partial charge in [0.1, 0.15) is 18.3 Å². The number of nitrogens with zero attached hydrogens (tertiary/aromatic N) is 2. The SMILES string of the molecule is CCNC(=O)[C@@H](CC)N(Cc1ccc(OC)cc1)C(=O)CN(c1cc(Cl)ccc1Cl)S(=O)(=O)c1ccccc1. The van der Waals surface area contributed by atoms with Crippen LogP contribution in [0.1, 0.15) is 25.8 Å². The Morgan fingerprint density at radius 1 is 0.974 bits per heavy atom. The lowest BCUT2D eigenvalue weighted by atomic mass is 10.1.